The number of esters is 1. The van der Waals surface area contributed by atoms with Crippen LogP contribution in [0.15, 0.2) is 97.1 Å². The molecule has 284 valence electrons. The van der Waals surface area contributed by atoms with Crippen molar-refractivity contribution >= 4 is 35.3 Å². The number of ether oxygens (including phenoxy) is 1. The molecule has 4 rings (SSSR count). The fourth-order valence-electron chi connectivity index (χ4n) is 5.70. The number of nitrogens with zero attached hydrogens (tertiary/aromatic N) is 1. The molecule has 0 heterocycles. The maximum atomic E-state index is 13.7. The molecular formula is C41H43F3N4O6. The highest BCUT2D eigenvalue weighted by Crippen LogP contribution is 2.33. The Hall–Kier alpha value is -5.98. The Labute approximate surface area is 312 Å². The molecule has 0 saturated heterocycles. The summed E-state index contributed by atoms with van der Waals surface area (Å²) >= 11 is 0. The van der Waals surface area contributed by atoms with Crippen LogP contribution >= 0.6 is 0 Å². The summed E-state index contributed by atoms with van der Waals surface area (Å²) in [6.45, 7) is 6.88. The number of likely N-dealkylation sites (N-methyl/N-ethyl adjacent to an activating group) is 2. The summed E-state index contributed by atoms with van der Waals surface area (Å²) in [4.78, 5) is 69.2. The van der Waals surface area contributed by atoms with Crippen molar-refractivity contribution in [3.63, 3.8) is 0 Å². The highest BCUT2D eigenvalue weighted by atomic mass is 19.4. The Morgan fingerprint density at radius 3 is 1.91 bits per heavy atom. The number of benzene rings is 4. The lowest BCUT2D eigenvalue weighted by atomic mass is 9.79. The SMILES string of the molecule is CCNC(=O)C(COC(=O)Cc1ccc(NC(=O)c2ccccc2-c2ccc(C(F)(F)F)cc2)c(C(=O)N(C)C(C)C)c1)(C(=O)NCC)c1ccccc1. The molecule has 0 aliphatic rings. The second-order valence-electron chi connectivity index (χ2n) is 12.8. The van der Waals surface area contributed by atoms with Gasteiger partial charge in [-0.3, -0.25) is 24.0 Å². The Balaban J connectivity index is 1.64. The van der Waals surface area contributed by atoms with E-state index in [2.05, 4.69) is 16.0 Å². The molecule has 4 aromatic carbocycles. The second-order valence-corrected chi connectivity index (χ2v) is 12.8. The monoisotopic (exact) mass is 744 g/mol. The summed E-state index contributed by atoms with van der Waals surface area (Å²) in [5, 5.41) is 8.13. The lowest BCUT2D eigenvalue weighted by molar-refractivity contribution is -0.150. The predicted octanol–water partition coefficient (Wildman–Crippen LogP) is 6.40. The van der Waals surface area contributed by atoms with E-state index in [-0.39, 0.29) is 42.4 Å². The van der Waals surface area contributed by atoms with Crippen LogP contribution in [-0.2, 0) is 37.1 Å². The molecule has 0 spiro atoms. The largest absolute Gasteiger partial charge is 0.463 e. The summed E-state index contributed by atoms with van der Waals surface area (Å²) in [5.74, 6) is -3.13. The van der Waals surface area contributed by atoms with E-state index in [1.54, 1.807) is 83.3 Å². The van der Waals surface area contributed by atoms with E-state index < -0.39 is 53.4 Å². The molecule has 0 aliphatic carbocycles. The number of hydrogen-bond acceptors (Lipinski definition) is 6. The van der Waals surface area contributed by atoms with Gasteiger partial charge in [0.2, 0.25) is 11.8 Å². The van der Waals surface area contributed by atoms with Crippen molar-refractivity contribution in [3.05, 3.63) is 125 Å². The Morgan fingerprint density at radius 1 is 0.741 bits per heavy atom. The highest BCUT2D eigenvalue weighted by molar-refractivity contribution is 6.12. The van der Waals surface area contributed by atoms with Crippen molar-refractivity contribution in [3.8, 4) is 11.1 Å². The van der Waals surface area contributed by atoms with E-state index in [0.29, 0.717) is 22.3 Å². The standard InChI is InChI=1S/C41H43F3N4O6/c1-6-45-38(52)40(39(53)46-7-2,29-13-9-8-10-14-29)25-54-35(49)24-27-17-22-34(33(23-27)37(51)48(5)26(3)4)47-36(50)32-16-12-11-15-31(32)28-18-20-30(21-19-28)41(42,43)44/h8-23,26H,6-7,24-25H2,1-5H3,(H,45,52)(H,46,53)(H,47,50). The average molecular weight is 745 g/mol. The van der Waals surface area contributed by atoms with Crippen molar-refractivity contribution in [2.45, 2.75) is 51.7 Å². The van der Waals surface area contributed by atoms with Crippen molar-refractivity contribution in [2.24, 2.45) is 0 Å². The minimum atomic E-state index is -4.52. The van der Waals surface area contributed by atoms with Gasteiger partial charge in [-0.05, 0) is 80.3 Å². The third-order valence-corrected chi connectivity index (χ3v) is 8.87. The molecule has 54 heavy (non-hydrogen) atoms. The zero-order valence-corrected chi connectivity index (χ0v) is 30.7. The topological polar surface area (TPSA) is 134 Å². The first-order valence-electron chi connectivity index (χ1n) is 17.4. The van der Waals surface area contributed by atoms with Crippen molar-refractivity contribution < 1.29 is 41.9 Å². The van der Waals surface area contributed by atoms with Gasteiger partial charge in [0.05, 0.1) is 23.2 Å². The number of carbonyl (C=O) groups excluding carboxylic acids is 5. The summed E-state index contributed by atoms with van der Waals surface area (Å²) in [7, 11) is 1.59. The van der Waals surface area contributed by atoms with E-state index in [9.17, 15) is 37.1 Å². The van der Waals surface area contributed by atoms with E-state index >= 15 is 0 Å². The van der Waals surface area contributed by atoms with Crippen molar-refractivity contribution in [1.82, 2.24) is 15.5 Å². The molecular weight excluding hydrogens is 701 g/mol. The van der Waals surface area contributed by atoms with Crippen LogP contribution in [0.2, 0.25) is 0 Å². The van der Waals surface area contributed by atoms with Crippen LogP contribution in [0.1, 0.15) is 65.1 Å². The predicted molar refractivity (Wildman–Crippen MR) is 199 cm³/mol. The third-order valence-electron chi connectivity index (χ3n) is 8.87. The van der Waals surface area contributed by atoms with Crippen LogP contribution in [0.25, 0.3) is 11.1 Å². The minimum Gasteiger partial charge on any atom is -0.463 e. The number of halogens is 3. The number of hydrogen-bond donors (Lipinski definition) is 3. The molecule has 3 N–H and O–H groups in total. The van der Waals surface area contributed by atoms with Gasteiger partial charge >= 0.3 is 12.1 Å². The van der Waals surface area contributed by atoms with Gasteiger partial charge in [0.1, 0.15) is 6.61 Å². The van der Waals surface area contributed by atoms with Gasteiger partial charge in [0.25, 0.3) is 11.8 Å². The van der Waals surface area contributed by atoms with Crippen molar-refractivity contribution in [2.75, 3.05) is 32.1 Å². The Kier molecular flexibility index (Phi) is 13.4. The van der Waals surface area contributed by atoms with Crippen LogP contribution in [0.4, 0.5) is 18.9 Å². The van der Waals surface area contributed by atoms with E-state index in [4.69, 9.17) is 4.74 Å². The number of amides is 4. The van der Waals surface area contributed by atoms with E-state index in [0.717, 1.165) is 12.1 Å². The first-order valence-corrected chi connectivity index (χ1v) is 17.4. The second kappa shape index (κ2) is 17.7. The van der Waals surface area contributed by atoms with Crippen LogP contribution < -0.4 is 16.0 Å². The van der Waals surface area contributed by atoms with Crippen LogP contribution in [0, 0.1) is 0 Å². The van der Waals surface area contributed by atoms with Gasteiger partial charge < -0.3 is 25.6 Å². The number of nitrogens with one attached hydrogen (secondary N) is 3. The molecule has 0 radical (unpaired) electrons. The van der Waals surface area contributed by atoms with Crippen molar-refractivity contribution in [1.29, 1.82) is 0 Å². The number of rotatable bonds is 14. The summed E-state index contributed by atoms with van der Waals surface area (Å²) in [5.41, 5.74) is -0.904. The molecule has 0 fully saturated rings. The molecule has 0 aromatic heterocycles. The summed E-state index contributed by atoms with van der Waals surface area (Å²) in [6, 6.07) is 23.4. The molecule has 4 aromatic rings. The van der Waals surface area contributed by atoms with Crippen LogP contribution in [0.5, 0.6) is 0 Å². The molecule has 0 saturated carbocycles. The zero-order chi connectivity index (χ0) is 39.6. The maximum absolute atomic E-state index is 13.7. The lowest BCUT2D eigenvalue weighted by Crippen LogP contribution is -2.57. The number of alkyl halides is 3. The van der Waals surface area contributed by atoms with Gasteiger partial charge in [-0.25, -0.2) is 0 Å². The number of carbonyl (C=O) groups is 5. The van der Waals surface area contributed by atoms with Crippen LogP contribution in [0.3, 0.4) is 0 Å². The number of anilines is 1. The molecule has 0 unspecified atom stereocenters. The molecule has 0 bridgehead atoms. The van der Waals surface area contributed by atoms with E-state index in [1.807, 2.05) is 0 Å². The maximum Gasteiger partial charge on any atom is 0.416 e. The smallest absolute Gasteiger partial charge is 0.416 e. The Bertz CT molecular complexity index is 1960. The van der Waals surface area contributed by atoms with Gasteiger partial charge in [0, 0.05) is 31.7 Å². The molecule has 13 heteroatoms. The third kappa shape index (κ3) is 9.32. The highest BCUT2D eigenvalue weighted by Gasteiger charge is 2.48. The average Bonchev–Trinajstić information content (AvgIpc) is 3.15. The first-order chi connectivity index (χ1) is 25.6. The minimum absolute atomic E-state index is 0.0696. The molecule has 10 nitrogen and oxygen atoms in total. The summed E-state index contributed by atoms with van der Waals surface area (Å²) in [6.07, 6.45) is -4.86. The van der Waals surface area contributed by atoms with Gasteiger partial charge in [-0.15, -0.1) is 0 Å². The molecule has 4 amide bonds. The normalized spacial score (nSPS) is 11.4. The first kappa shape index (κ1) is 40.8. The van der Waals surface area contributed by atoms with E-state index in [1.165, 1.54) is 41.3 Å². The summed E-state index contributed by atoms with van der Waals surface area (Å²) < 4.78 is 45.2. The van der Waals surface area contributed by atoms with Gasteiger partial charge in [0.15, 0.2) is 5.41 Å². The molecule has 0 atom stereocenters. The van der Waals surface area contributed by atoms with Gasteiger partial charge in [-0.1, -0.05) is 66.7 Å². The van der Waals surface area contributed by atoms with Crippen LogP contribution in [-0.4, -0.2) is 67.3 Å². The Morgan fingerprint density at radius 2 is 1.33 bits per heavy atom. The lowest BCUT2D eigenvalue weighted by Gasteiger charge is -2.31. The molecule has 0 aliphatic heterocycles. The quantitative estimate of drug-likeness (QED) is 0.101. The fourth-order valence-corrected chi connectivity index (χ4v) is 5.70. The zero-order valence-electron chi connectivity index (χ0n) is 30.7. The van der Waals surface area contributed by atoms with Gasteiger partial charge in [-0.2, -0.15) is 13.2 Å². The fraction of sp³-hybridized carbons (Fsp3) is 0.293.